The monoisotopic (exact) mass is 596 g/mol. The molecule has 0 bridgehead atoms. The number of aromatic hydroxyl groups is 1. The molecule has 2 fully saturated rings. The predicted molar refractivity (Wildman–Crippen MR) is 160 cm³/mol. The van der Waals surface area contributed by atoms with E-state index in [4.69, 9.17) is 21.1 Å². The van der Waals surface area contributed by atoms with E-state index in [2.05, 4.69) is 30.3 Å². The molecule has 10 nitrogen and oxygen atoms in total. The summed E-state index contributed by atoms with van der Waals surface area (Å²) in [6.45, 7) is 3.79. The number of fused-ring (bicyclic) bond motifs is 4. The van der Waals surface area contributed by atoms with Crippen LogP contribution in [-0.2, 0) is 19.6 Å². The molecular formula is C32H30F2N8O2. The Kier molecular flexibility index (Phi) is 6.20. The maximum Gasteiger partial charge on any atom is 0.247 e. The number of aromatic nitrogens is 6. The van der Waals surface area contributed by atoms with Gasteiger partial charge in [-0.25, -0.2) is 18.7 Å². The van der Waals surface area contributed by atoms with Gasteiger partial charge in [0.1, 0.15) is 24.3 Å². The van der Waals surface area contributed by atoms with Gasteiger partial charge < -0.3 is 23.9 Å². The van der Waals surface area contributed by atoms with Gasteiger partial charge in [0.05, 0.1) is 42.5 Å². The van der Waals surface area contributed by atoms with Crippen molar-refractivity contribution in [2.75, 3.05) is 31.1 Å². The lowest BCUT2D eigenvalue weighted by Gasteiger charge is -2.31. The first kappa shape index (κ1) is 26.8. The number of rotatable bonds is 6. The Hall–Kier alpha value is -4.76. The van der Waals surface area contributed by atoms with E-state index in [0.717, 1.165) is 31.6 Å². The van der Waals surface area contributed by atoms with Gasteiger partial charge in [-0.05, 0) is 48.5 Å². The van der Waals surface area contributed by atoms with Crippen molar-refractivity contribution in [3.8, 4) is 24.0 Å². The number of ether oxygens (including phenoxy) is 1. The van der Waals surface area contributed by atoms with Crippen molar-refractivity contribution in [3.05, 3.63) is 65.8 Å². The summed E-state index contributed by atoms with van der Waals surface area (Å²) in [5.41, 5.74) is 2.44. The van der Waals surface area contributed by atoms with Crippen LogP contribution in [0.4, 0.5) is 14.7 Å². The zero-order valence-electron chi connectivity index (χ0n) is 24.0. The van der Waals surface area contributed by atoms with Gasteiger partial charge in [-0.2, -0.15) is 9.97 Å². The smallest absolute Gasteiger partial charge is 0.247 e. The molecule has 2 atom stereocenters. The molecular weight excluding hydrogens is 566 g/mol. The summed E-state index contributed by atoms with van der Waals surface area (Å²) in [5.74, 6) is 2.83. The number of phenols is 1. The Morgan fingerprint density at radius 2 is 2.07 bits per heavy atom. The second-order valence-electron chi connectivity index (χ2n) is 12.0. The molecule has 8 rings (SSSR count). The fraction of sp³-hybridized carbons (Fsp3) is 0.375. The van der Waals surface area contributed by atoms with Crippen LogP contribution in [-0.4, -0.2) is 77.0 Å². The zero-order chi connectivity index (χ0) is 30.0. The Morgan fingerprint density at radius 3 is 2.95 bits per heavy atom. The first-order valence-electron chi connectivity index (χ1n) is 14.8. The van der Waals surface area contributed by atoms with Crippen LogP contribution in [0.25, 0.3) is 21.9 Å². The summed E-state index contributed by atoms with van der Waals surface area (Å²) in [5, 5.41) is 11.7. The molecule has 2 aromatic carbocycles. The number of terminal acetylenes is 1. The molecule has 224 valence electrons. The maximum atomic E-state index is 14.8. The maximum absolute atomic E-state index is 14.8. The number of anilines is 1. The molecule has 5 aromatic rings. The Bertz CT molecular complexity index is 1970. The number of hydrogen-bond acceptors (Lipinski definition) is 8. The number of benzene rings is 2. The summed E-state index contributed by atoms with van der Waals surface area (Å²) in [7, 11) is 0. The molecule has 3 aliphatic rings. The molecule has 6 heterocycles. The second-order valence-corrected chi connectivity index (χ2v) is 12.0. The SMILES string of the molecule is C#Cc1c(F)ccc2cc(O)cc(Cn3cnc4c(OC[C@@]56CCCN5C[C@H](F)C6)nc(N5CCn6cncc6C5)nc43)c12. The third kappa shape index (κ3) is 4.33. The summed E-state index contributed by atoms with van der Waals surface area (Å²) >= 11 is 0. The van der Waals surface area contributed by atoms with Gasteiger partial charge in [0.25, 0.3) is 0 Å². The van der Waals surface area contributed by atoms with E-state index in [1.165, 1.54) is 6.07 Å². The van der Waals surface area contributed by atoms with E-state index in [-0.39, 0.29) is 23.4 Å². The van der Waals surface area contributed by atoms with Crippen LogP contribution >= 0.6 is 0 Å². The average Bonchev–Trinajstić information content (AvgIpc) is 3.79. The lowest BCUT2D eigenvalue weighted by atomic mass is 9.95. The van der Waals surface area contributed by atoms with Crippen molar-refractivity contribution in [2.24, 2.45) is 0 Å². The van der Waals surface area contributed by atoms with Crippen LogP contribution < -0.4 is 9.64 Å². The third-order valence-corrected chi connectivity index (χ3v) is 9.32. The fourth-order valence-corrected chi connectivity index (χ4v) is 7.23. The highest BCUT2D eigenvalue weighted by Gasteiger charge is 2.49. The summed E-state index contributed by atoms with van der Waals surface area (Å²) in [6, 6.07) is 6.06. The highest BCUT2D eigenvalue weighted by Crippen LogP contribution is 2.41. The van der Waals surface area contributed by atoms with E-state index in [0.29, 0.717) is 72.0 Å². The minimum absolute atomic E-state index is 0.0406. The van der Waals surface area contributed by atoms with Gasteiger partial charge in [0, 0.05) is 37.6 Å². The van der Waals surface area contributed by atoms with Crippen molar-refractivity contribution in [1.82, 2.24) is 34.0 Å². The van der Waals surface area contributed by atoms with Crippen molar-refractivity contribution >= 4 is 27.9 Å². The first-order valence-corrected chi connectivity index (χ1v) is 14.8. The highest BCUT2D eigenvalue weighted by molar-refractivity contribution is 5.92. The lowest BCUT2D eigenvalue weighted by Crippen LogP contribution is -2.43. The second kappa shape index (κ2) is 10.2. The summed E-state index contributed by atoms with van der Waals surface area (Å²) < 4.78 is 39.6. The van der Waals surface area contributed by atoms with Gasteiger partial charge in [-0.15, -0.1) is 6.42 Å². The van der Waals surface area contributed by atoms with E-state index in [1.807, 2.05) is 17.1 Å². The van der Waals surface area contributed by atoms with Gasteiger partial charge in [0.15, 0.2) is 11.2 Å². The van der Waals surface area contributed by atoms with E-state index < -0.39 is 12.0 Å². The summed E-state index contributed by atoms with van der Waals surface area (Å²) in [4.78, 5) is 23.0. The van der Waals surface area contributed by atoms with Crippen molar-refractivity contribution in [3.63, 3.8) is 0 Å². The quantitative estimate of drug-likeness (QED) is 0.294. The first-order chi connectivity index (χ1) is 21.4. The van der Waals surface area contributed by atoms with Crippen molar-refractivity contribution < 1.29 is 18.6 Å². The average molecular weight is 597 g/mol. The third-order valence-electron chi connectivity index (χ3n) is 9.32. The normalized spacial score (nSPS) is 21.6. The number of alkyl halides is 1. The molecule has 0 amide bonds. The van der Waals surface area contributed by atoms with Crippen LogP contribution in [0.5, 0.6) is 11.6 Å². The minimum Gasteiger partial charge on any atom is -0.508 e. The fourth-order valence-electron chi connectivity index (χ4n) is 7.23. The largest absolute Gasteiger partial charge is 0.508 e. The predicted octanol–water partition coefficient (Wildman–Crippen LogP) is 4.03. The van der Waals surface area contributed by atoms with Crippen LogP contribution in [0.3, 0.4) is 0 Å². The Balaban J connectivity index is 1.21. The molecule has 2 saturated heterocycles. The van der Waals surface area contributed by atoms with Gasteiger partial charge in [0.2, 0.25) is 11.8 Å². The molecule has 0 spiro atoms. The van der Waals surface area contributed by atoms with Crippen LogP contribution in [0.2, 0.25) is 0 Å². The molecule has 1 N–H and O–H groups in total. The lowest BCUT2D eigenvalue weighted by molar-refractivity contribution is 0.111. The molecule has 3 aromatic heterocycles. The minimum atomic E-state index is -0.868. The molecule has 3 aliphatic heterocycles. The molecule has 0 radical (unpaired) electrons. The zero-order valence-corrected chi connectivity index (χ0v) is 24.0. The Labute approximate surface area is 251 Å². The number of halogens is 2. The number of imidazole rings is 2. The highest BCUT2D eigenvalue weighted by atomic mass is 19.1. The number of hydrogen-bond donors (Lipinski definition) is 1. The topological polar surface area (TPSA) is 97.4 Å². The molecule has 44 heavy (non-hydrogen) atoms. The van der Waals surface area contributed by atoms with Crippen LogP contribution in [0, 0.1) is 18.2 Å². The van der Waals surface area contributed by atoms with Gasteiger partial charge in [-0.3, -0.25) is 4.90 Å². The van der Waals surface area contributed by atoms with E-state index in [1.54, 1.807) is 24.5 Å². The van der Waals surface area contributed by atoms with E-state index >= 15 is 0 Å². The van der Waals surface area contributed by atoms with Crippen LogP contribution in [0.15, 0.2) is 43.1 Å². The standard InChI is InChI=1S/C32H30F2N8O2/c1-2-25-26(34)5-4-20-10-24(43)11-21(27(20)25)14-41-19-36-28-29(41)37-31(39-8-9-40-18-35-13-23(40)16-39)38-30(28)44-17-32-6-3-7-42(32)15-22(33)12-32/h1,4-5,10-11,13,18-19,22,43H,3,6-9,12,14-17H2/t22-,32+/m1/s1. The number of phenolic OH excluding ortho intramolecular Hbond substituents is 1. The Morgan fingerprint density at radius 1 is 1.16 bits per heavy atom. The molecule has 0 saturated carbocycles. The molecule has 0 unspecified atom stereocenters. The van der Waals surface area contributed by atoms with Crippen LogP contribution in [0.1, 0.15) is 36.1 Å². The summed E-state index contributed by atoms with van der Waals surface area (Å²) in [6.07, 6.45) is 12.5. The van der Waals surface area contributed by atoms with E-state index in [9.17, 15) is 13.9 Å². The van der Waals surface area contributed by atoms with Gasteiger partial charge in [-0.1, -0.05) is 12.0 Å². The molecule has 12 heteroatoms. The van der Waals surface area contributed by atoms with Crippen molar-refractivity contribution in [2.45, 2.75) is 50.6 Å². The number of nitrogens with zero attached hydrogens (tertiary/aromatic N) is 8. The van der Waals surface area contributed by atoms with Gasteiger partial charge >= 0.3 is 0 Å². The van der Waals surface area contributed by atoms with Crippen molar-refractivity contribution in [1.29, 1.82) is 0 Å². The molecule has 0 aliphatic carbocycles.